The number of sulfonamides is 1. The van der Waals surface area contributed by atoms with E-state index in [1.165, 1.54) is 4.31 Å². The second kappa shape index (κ2) is 8.95. The molecule has 0 unspecified atom stereocenters. The van der Waals surface area contributed by atoms with Crippen molar-refractivity contribution in [2.24, 2.45) is 5.92 Å². The Balaban J connectivity index is 1.56. The first-order valence-corrected chi connectivity index (χ1v) is 11.8. The number of hydrogen-bond acceptors (Lipinski definition) is 3. The van der Waals surface area contributed by atoms with Gasteiger partial charge in [0, 0.05) is 34.2 Å². The van der Waals surface area contributed by atoms with Gasteiger partial charge in [0.2, 0.25) is 15.9 Å². The van der Waals surface area contributed by atoms with Crippen LogP contribution in [0.4, 0.5) is 5.69 Å². The lowest BCUT2D eigenvalue weighted by Crippen LogP contribution is -2.41. The van der Waals surface area contributed by atoms with Crippen LogP contribution in [-0.4, -0.2) is 31.7 Å². The normalized spacial score (nSPS) is 16.1. The number of halogens is 2. The molecule has 5 nitrogen and oxygen atoms in total. The smallest absolute Gasteiger partial charge is 0.227 e. The second-order valence-electron chi connectivity index (χ2n) is 7.01. The molecule has 1 amide bonds. The molecule has 2 aromatic rings. The predicted octanol–water partition coefficient (Wildman–Crippen LogP) is 4.59. The Morgan fingerprint density at radius 2 is 1.82 bits per heavy atom. The van der Waals surface area contributed by atoms with Gasteiger partial charge in [0.05, 0.1) is 5.75 Å². The first-order chi connectivity index (χ1) is 13.2. The van der Waals surface area contributed by atoms with E-state index in [4.69, 9.17) is 11.6 Å². The summed E-state index contributed by atoms with van der Waals surface area (Å²) in [6.45, 7) is 2.67. The molecular formula is C20H22BrClN2O3S. The Hall–Kier alpha value is -1.41. The van der Waals surface area contributed by atoms with Crippen LogP contribution in [0.5, 0.6) is 0 Å². The van der Waals surface area contributed by atoms with Gasteiger partial charge in [-0.15, -0.1) is 0 Å². The maximum Gasteiger partial charge on any atom is 0.227 e. The highest BCUT2D eigenvalue weighted by Gasteiger charge is 2.31. The van der Waals surface area contributed by atoms with Crippen molar-refractivity contribution >= 4 is 49.1 Å². The van der Waals surface area contributed by atoms with Crippen molar-refractivity contribution in [1.82, 2.24) is 4.31 Å². The fraction of sp³-hybridized carbons (Fsp3) is 0.350. The number of rotatable bonds is 5. The van der Waals surface area contributed by atoms with Gasteiger partial charge >= 0.3 is 0 Å². The monoisotopic (exact) mass is 484 g/mol. The second-order valence-corrected chi connectivity index (χ2v) is 10.3. The number of nitrogens with zero attached hydrogens (tertiary/aromatic N) is 1. The summed E-state index contributed by atoms with van der Waals surface area (Å²) in [6, 6.07) is 12.5. The highest BCUT2D eigenvalue weighted by Crippen LogP contribution is 2.25. The van der Waals surface area contributed by atoms with E-state index >= 15 is 0 Å². The maximum absolute atomic E-state index is 12.7. The standard InChI is InChI=1S/C20H22BrClN2O3S/c1-14-12-18(6-7-19(14)21)23-20(25)16-8-10-24(11-9-16)28(26,27)13-15-2-4-17(22)5-3-15/h2-7,12,16H,8-11,13H2,1H3,(H,23,25). The van der Waals surface area contributed by atoms with Crippen LogP contribution in [0, 0.1) is 12.8 Å². The summed E-state index contributed by atoms with van der Waals surface area (Å²) in [5.74, 6) is -0.304. The van der Waals surface area contributed by atoms with Crippen molar-refractivity contribution < 1.29 is 13.2 Å². The Labute approximate surface area is 179 Å². The number of nitrogens with one attached hydrogen (secondary N) is 1. The molecule has 0 bridgehead atoms. The lowest BCUT2D eigenvalue weighted by molar-refractivity contribution is -0.120. The molecule has 0 spiro atoms. The van der Waals surface area contributed by atoms with E-state index in [0.717, 1.165) is 15.7 Å². The first-order valence-electron chi connectivity index (χ1n) is 9.04. The number of carbonyl (C=O) groups excluding carboxylic acids is 1. The lowest BCUT2D eigenvalue weighted by atomic mass is 9.97. The number of benzene rings is 2. The van der Waals surface area contributed by atoms with Gasteiger partial charge in [0.25, 0.3) is 0 Å². The summed E-state index contributed by atoms with van der Waals surface area (Å²) in [7, 11) is -3.41. The molecule has 1 aliphatic rings. The topological polar surface area (TPSA) is 66.5 Å². The summed E-state index contributed by atoms with van der Waals surface area (Å²) >= 11 is 9.29. The van der Waals surface area contributed by atoms with Crippen LogP contribution in [0.15, 0.2) is 46.9 Å². The molecule has 1 fully saturated rings. The molecule has 0 aromatic heterocycles. The Kier molecular flexibility index (Phi) is 6.81. The molecule has 1 aliphatic heterocycles. The van der Waals surface area contributed by atoms with Crippen molar-refractivity contribution in [3.8, 4) is 0 Å². The lowest BCUT2D eigenvalue weighted by Gasteiger charge is -2.30. The number of piperidine rings is 1. The molecule has 1 saturated heterocycles. The molecule has 0 radical (unpaired) electrons. The maximum atomic E-state index is 12.7. The molecule has 0 aliphatic carbocycles. The third-order valence-electron chi connectivity index (χ3n) is 4.91. The summed E-state index contributed by atoms with van der Waals surface area (Å²) < 4.78 is 27.8. The van der Waals surface area contributed by atoms with Crippen molar-refractivity contribution in [2.45, 2.75) is 25.5 Å². The zero-order chi connectivity index (χ0) is 20.3. The Morgan fingerprint density at radius 3 is 2.43 bits per heavy atom. The zero-order valence-electron chi connectivity index (χ0n) is 15.5. The Bertz CT molecular complexity index is 956. The molecule has 28 heavy (non-hydrogen) atoms. The van der Waals surface area contributed by atoms with E-state index in [0.29, 0.717) is 36.5 Å². The molecule has 150 valence electrons. The Morgan fingerprint density at radius 1 is 1.18 bits per heavy atom. The summed E-state index contributed by atoms with van der Waals surface area (Å²) in [5.41, 5.74) is 2.50. The van der Waals surface area contributed by atoms with Gasteiger partial charge in [0.15, 0.2) is 0 Å². The van der Waals surface area contributed by atoms with Crippen LogP contribution in [0.2, 0.25) is 5.02 Å². The van der Waals surface area contributed by atoms with E-state index in [1.807, 2.05) is 25.1 Å². The first kappa shape index (κ1) is 21.3. The molecule has 1 heterocycles. The van der Waals surface area contributed by atoms with E-state index in [2.05, 4.69) is 21.2 Å². The van der Waals surface area contributed by atoms with Crippen molar-refractivity contribution in [1.29, 1.82) is 0 Å². The molecule has 0 saturated carbocycles. The highest BCUT2D eigenvalue weighted by molar-refractivity contribution is 9.10. The van der Waals surface area contributed by atoms with Crippen molar-refractivity contribution in [2.75, 3.05) is 18.4 Å². The van der Waals surface area contributed by atoms with Gasteiger partial charge in [-0.25, -0.2) is 12.7 Å². The van der Waals surface area contributed by atoms with E-state index < -0.39 is 10.0 Å². The SMILES string of the molecule is Cc1cc(NC(=O)C2CCN(S(=O)(=O)Cc3ccc(Cl)cc3)CC2)ccc1Br. The molecular weight excluding hydrogens is 464 g/mol. The van der Waals surface area contributed by atoms with Crippen LogP contribution >= 0.6 is 27.5 Å². The van der Waals surface area contributed by atoms with E-state index in [-0.39, 0.29) is 17.6 Å². The van der Waals surface area contributed by atoms with Crippen LogP contribution in [0.1, 0.15) is 24.0 Å². The molecule has 3 rings (SSSR count). The summed E-state index contributed by atoms with van der Waals surface area (Å²) in [4.78, 5) is 12.5. The zero-order valence-corrected chi connectivity index (χ0v) is 18.6. The largest absolute Gasteiger partial charge is 0.326 e. The minimum absolute atomic E-state index is 0.0563. The number of aryl methyl sites for hydroxylation is 1. The fourth-order valence-electron chi connectivity index (χ4n) is 3.25. The summed E-state index contributed by atoms with van der Waals surface area (Å²) in [5, 5.41) is 3.52. The average Bonchev–Trinajstić information content (AvgIpc) is 2.66. The molecule has 8 heteroatoms. The number of carbonyl (C=O) groups is 1. The van der Waals surface area contributed by atoms with Gasteiger partial charge in [-0.2, -0.15) is 0 Å². The third-order valence-corrected chi connectivity index (χ3v) is 7.90. The molecule has 0 atom stereocenters. The van der Waals surface area contributed by atoms with Crippen molar-refractivity contribution in [3.63, 3.8) is 0 Å². The van der Waals surface area contributed by atoms with Crippen LogP contribution < -0.4 is 5.32 Å². The summed E-state index contributed by atoms with van der Waals surface area (Å²) in [6.07, 6.45) is 1.03. The van der Waals surface area contributed by atoms with E-state index in [1.54, 1.807) is 24.3 Å². The van der Waals surface area contributed by atoms with Crippen molar-refractivity contribution in [3.05, 3.63) is 63.1 Å². The van der Waals surface area contributed by atoms with Gasteiger partial charge in [-0.1, -0.05) is 39.7 Å². The highest BCUT2D eigenvalue weighted by atomic mass is 79.9. The minimum Gasteiger partial charge on any atom is -0.326 e. The average molecular weight is 486 g/mol. The van der Waals surface area contributed by atoms with E-state index in [9.17, 15) is 13.2 Å². The fourth-order valence-corrected chi connectivity index (χ4v) is 5.18. The number of amides is 1. The molecule has 2 aromatic carbocycles. The van der Waals surface area contributed by atoms with Gasteiger partial charge in [0.1, 0.15) is 0 Å². The van der Waals surface area contributed by atoms with Gasteiger partial charge in [-0.3, -0.25) is 4.79 Å². The minimum atomic E-state index is -3.41. The third kappa shape index (κ3) is 5.35. The number of hydrogen-bond donors (Lipinski definition) is 1. The van der Waals surface area contributed by atoms with Crippen LogP contribution in [0.25, 0.3) is 0 Å². The number of anilines is 1. The van der Waals surface area contributed by atoms with Crippen LogP contribution in [0.3, 0.4) is 0 Å². The molecule has 1 N–H and O–H groups in total. The predicted molar refractivity (Wildman–Crippen MR) is 116 cm³/mol. The van der Waals surface area contributed by atoms with Crippen LogP contribution in [-0.2, 0) is 20.6 Å². The quantitative estimate of drug-likeness (QED) is 0.673. The van der Waals surface area contributed by atoms with Gasteiger partial charge in [-0.05, 0) is 61.2 Å². The van der Waals surface area contributed by atoms with Gasteiger partial charge < -0.3 is 5.32 Å².